The van der Waals surface area contributed by atoms with Crippen LogP contribution in [0.2, 0.25) is 0 Å². The number of aromatic nitrogens is 3. The third kappa shape index (κ3) is 5.70. The van der Waals surface area contributed by atoms with Gasteiger partial charge in [-0.15, -0.1) is 0 Å². The predicted octanol–water partition coefficient (Wildman–Crippen LogP) is 3.64. The van der Waals surface area contributed by atoms with Crippen LogP contribution in [0.1, 0.15) is 23.0 Å². The Morgan fingerprint density at radius 3 is 2.90 bits per heavy atom. The summed E-state index contributed by atoms with van der Waals surface area (Å²) in [6.45, 7) is 3.05. The summed E-state index contributed by atoms with van der Waals surface area (Å²) in [5.41, 5.74) is 3.09. The first-order chi connectivity index (χ1) is 19.9. The summed E-state index contributed by atoms with van der Waals surface area (Å²) in [4.78, 5) is 28.2. The van der Waals surface area contributed by atoms with Crippen molar-refractivity contribution in [1.29, 1.82) is 5.26 Å². The van der Waals surface area contributed by atoms with Gasteiger partial charge < -0.3 is 25.4 Å². The SMILES string of the molecule is COc1cccc(F)c1-c1nccc(C(=O)Nc2ccc(-c3cnccc3C#N)cc2N2C[C@H](C)NC[C@H]2CO)n1. The number of methoxy groups -OCH3 is 1. The van der Waals surface area contributed by atoms with E-state index in [-0.39, 0.29) is 41.5 Å². The Labute approximate surface area is 236 Å². The number of anilines is 2. The maximum Gasteiger partial charge on any atom is 0.274 e. The minimum absolute atomic E-state index is 0.0139. The molecule has 1 amide bonds. The Kier molecular flexibility index (Phi) is 8.14. The normalized spacial score (nSPS) is 16.6. The van der Waals surface area contributed by atoms with Crippen LogP contribution in [0, 0.1) is 17.1 Å². The van der Waals surface area contributed by atoms with Crippen LogP contribution in [-0.2, 0) is 0 Å². The fourth-order valence-electron chi connectivity index (χ4n) is 4.86. The first-order valence-electron chi connectivity index (χ1n) is 13.0. The molecule has 0 aliphatic carbocycles. The van der Waals surface area contributed by atoms with Crippen molar-refractivity contribution in [1.82, 2.24) is 20.3 Å². The van der Waals surface area contributed by atoms with Crippen LogP contribution in [0.5, 0.6) is 5.75 Å². The number of piperazine rings is 1. The van der Waals surface area contributed by atoms with Crippen LogP contribution >= 0.6 is 0 Å². The highest BCUT2D eigenvalue weighted by atomic mass is 19.1. The Hall–Kier alpha value is -4.92. The zero-order valence-corrected chi connectivity index (χ0v) is 22.5. The quantitative estimate of drug-likeness (QED) is 0.313. The van der Waals surface area contributed by atoms with Crippen molar-refractivity contribution in [3.63, 3.8) is 0 Å². The largest absolute Gasteiger partial charge is 0.496 e. The second-order valence-corrected chi connectivity index (χ2v) is 9.60. The molecule has 1 fully saturated rings. The van der Waals surface area contributed by atoms with Crippen molar-refractivity contribution >= 4 is 17.3 Å². The standard InChI is InChI=1S/C30H28FN7O3/c1-18-16-38(21(17-39)14-35-18)26-12-19(22-15-33-10-8-20(22)13-32)6-7-24(26)37-30(40)25-9-11-34-29(36-25)28-23(31)4-3-5-27(28)41-2/h3-12,15,18,21,35,39H,14,16-17H2,1-2H3,(H,37,40)/t18-,21-/m0/s1. The third-order valence-corrected chi connectivity index (χ3v) is 6.94. The number of pyridine rings is 1. The third-order valence-electron chi connectivity index (χ3n) is 6.94. The average Bonchev–Trinajstić information content (AvgIpc) is 3.01. The zero-order valence-electron chi connectivity index (χ0n) is 22.5. The number of nitriles is 1. The highest BCUT2D eigenvalue weighted by Gasteiger charge is 2.28. The molecule has 4 aromatic rings. The Balaban J connectivity index is 1.54. The van der Waals surface area contributed by atoms with E-state index < -0.39 is 11.7 Å². The Bertz CT molecular complexity index is 1620. The highest BCUT2D eigenvalue weighted by molar-refractivity contribution is 6.05. The molecule has 1 aliphatic heterocycles. The van der Waals surface area contributed by atoms with Gasteiger partial charge in [0, 0.05) is 43.3 Å². The number of halogens is 1. The molecule has 1 saturated heterocycles. The zero-order chi connectivity index (χ0) is 28.9. The molecule has 0 spiro atoms. The number of nitrogens with zero attached hydrogens (tertiary/aromatic N) is 5. The second kappa shape index (κ2) is 12.1. The van der Waals surface area contributed by atoms with Gasteiger partial charge in [-0.05, 0) is 48.9 Å². The summed E-state index contributed by atoms with van der Waals surface area (Å²) < 4.78 is 20.0. The number of benzene rings is 2. The summed E-state index contributed by atoms with van der Waals surface area (Å²) >= 11 is 0. The van der Waals surface area contributed by atoms with Gasteiger partial charge >= 0.3 is 0 Å². The lowest BCUT2D eigenvalue weighted by atomic mass is 10.00. The van der Waals surface area contributed by atoms with E-state index in [4.69, 9.17) is 4.74 Å². The van der Waals surface area contributed by atoms with Gasteiger partial charge in [-0.2, -0.15) is 5.26 Å². The molecule has 1 aliphatic rings. The van der Waals surface area contributed by atoms with E-state index in [1.165, 1.54) is 31.5 Å². The first-order valence-corrected chi connectivity index (χ1v) is 13.0. The predicted molar refractivity (Wildman–Crippen MR) is 152 cm³/mol. The van der Waals surface area contributed by atoms with Crippen LogP contribution in [0.25, 0.3) is 22.5 Å². The fraction of sp³-hybridized carbons (Fsp3) is 0.233. The van der Waals surface area contributed by atoms with Gasteiger partial charge in [0.15, 0.2) is 5.82 Å². The Morgan fingerprint density at radius 1 is 1.27 bits per heavy atom. The van der Waals surface area contributed by atoms with Crippen LogP contribution in [0.3, 0.4) is 0 Å². The lowest BCUT2D eigenvalue weighted by molar-refractivity contribution is 0.102. The fourth-order valence-corrected chi connectivity index (χ4v) is 4.86. The number of aliphatic hydroxyl groups excluding tert-OH is 1. The van der Waals surface area contributed by atoms with Gasteiger partial charge in [-0.25, -0.2) is 14.4 Å². The van der Waals surface area contributed by atoms with Crippen molar-refractivity contribution in [3.05, 3.63) is 84.2 Å². The van der Waals surface area contributed by atoms with E-state index in [9.17, 15) is 19.6 Å². The molecular formula is C30H28FN7O3. The van der Waals surface area contributed by atoms with Crippen LogP contribution < -0.4 is 20.3 Å². The van der Waals surface area contributed by atoms with Crippen molar-refractivity contribution in [2.24, 2.45) is 0 Å². The van der Waals surface area contributed by atoms with Gasteiger partial charge in [0.05, 0.1) is 48.3 Å². The molecule has 2 atom stereocenters. The van der Waals surface area contributed by atoms with E-state index in [2.05, 4.69) is 31.7 Å². The van der Waals surface area contributed by atoms with Gasteiger partial charge in [0.1, 0.15) is 17.3 Å². The van der Waals surface area contributed by atoms with Gasteiger partial charge in [-0.3, -0.25) is 9.78 Å². The molecule has 41 heavy (non-hydrogen) atoms. The number of hydrogen-bond acceptors (Lipinski definition) is 9. The summed E-state index contributed by atoms with van der Waals surface area (Å²) in [5.74, 6) is -0.842. The summed E-state index contributed by atoms with van der Waals surface area (Å²) in [6, 6.07) is 15.0. The number of carbonyl (C=O) groups excluding carboxylic acids is 1. The number of nitrogens with one attached hydrogen (secondary N) is 2. The molecule has 2 aromatic carbocycles. The first kappa shape index (κ1) is 27.6. The lowest BCUT2D eigenvalue weighted by Gasteiger charge is -2.41. The molecule has 2 aromatic heterocycles. The van der Waals surface area contributed by atoms with Crippen LogP contribution in [0.4, 0.5) is 15.8 Å². The topological polar surface area (TPSA) is 136 Å². The lowest BCUT2D eigenvalue weighted by Crippen LogP contribution is -2.57. The molecule has 208 valence electrons. The molecule has 10 nitrogen and oxygen atoms in total. The molecule has 0 unspecified atom stereocenters. The number of carbonyl (C=O) groups is 1. The minimum atomic E-state index is -0.574. The Morgan fingerprint density at radius 2 is 2.12 bits per heavy atom. The summed E-state index contributed by atoms with van der Waals surface area (Å²) in [6.07, 6.45) is 4.57. The number of hydrogen-bond donors (Lipinski definition) is 3. The molecule has 0 radical (unpaired) electrons. The number of amides is 1. The number of rotatable bonds is 7. The van der Waals surface area contributed by atoms with Gasteiger partial charge in [0.25, 0.3) is 5.91 Å². The van der Waals surface area contributed by atoms with Gasteiger partial charge in [0.2, 0.25) is 0 Å². The van der Waals surface area contributed by atoms with E-state index in [1.54, 1.807) is 36.7 Å². The van der Waals surface area contributed by atoms with Crippen molar-refractivity contribution in [3.8, 4) is 34.3 Å². The maximum atomic E-state index is 14.7. The highest BCUT2D eigenvalue weighted by Crippen LogP contribution is 2.35. The van der Waals surface area contributed by atoms with E-state index >= 15 is 0 Å². The molecular weight excluding hydrogens is 525 g/mol. The molecule has 0 saturated carbocycles. The van der Waals surface area contributed by atoms with E-state index in [0.717, 1.165) is 5.56 Å². The molecule has 11 heteroatoms. The molecule has 3 heterocycles. The smallest absolute Gasteiger partial charge is 0.274 e. The average molecular weight is 554 g/mol. The van der Waals surface area contributed by atoms with Crippen LogP contribution in [-0.4, -0.2) is 64.9 Å². The summed E-state index contributed by atoms with van der Waals surface area (Å²) in [7, 11) is 1.42. The minimum Gasteiger partial charge on any atom is -0.496 e. The van der Waals surface area contributed by atoms with E-state index in [0.29, 0.717) is 35.6 Å². The molecule has 5 rings (SSSR count). The number of ether oxygens (including phenoxy) is 1. The number of aliphatic hydroxyl groups is 1. The van der Waals surface area contributed by atoms with Crippen molar-refractivity contribution in [2.75, 3.05) is 37.0 Å². The second-order valence-electron chi connectivity index (χ2n) is 9.60. The van der Waals surface area contributed by atoms with Crippen molar-refractivity contribution in [2.45, 2.75) is 19.0 Å². The van der Waals surface area contributed by atoms with Crippen molar-refractivity contribution < 1.29 is 19.0 Å². The van der Waals surface area contributed by atoms with E-state index in [1.807, 2.05) is 17.9 Å². The molecule has 3 N–H and O–H groups in total. The maximum absolute atomic E-state index is 14.7. The van der Waals surface area contributed by atoms with Gasteiger partial charge in [-0.1, -0.05) is 12.1 Å². The summed E-state index contributed by atoms with van der Waals surface area (Å²) in [5, 5.41) is 26.1. The van der Waals surface area contributed by atoms with Crippen LogP contribution in [0.15, 0.2) is 67.1 Å². The molecule has 0 bridgehead atoms. The monoisotopic (exact) mass is 553 g/mol.